The highest BCUT2D eigenvalue weighted by Gasteiger charge is 2.39. The van der Waals surface area contributed by atoms with Gasteiger partial charge >= 0.3 is 0 Å². The Morgan fingerprint density at radius 1 is 1.24 bits per heavy atom. The Bertz CT molecular complexity index is 750. The van der Waals surface area contributed by atoms with E-state index in [4.69, 9.17) is 4.74 Å². The molecular formula is C21H30N4O4. The maximum absolute atomic E-state index is 13.0. The fraction of sp³-hybridized carbons (Fsp3) is 0.667. The molecule has 1 aromatic carbocycles. The van der Waals surface area contributed by atoms with Crippen LogP contribution in [0, 0.1) is 16.0 Å². The van der Waals surface area contributed by atoms with Gasteiger partial charge in [0.25, 0.3) is 5.69 Å². The summed E-state index contributed by atoms with van der Waals surface area (Å²) >= 11 is 0. The first kappa shape index (κ1) is 20.1. The summed E-state index contributed by atoms with van der Waals surface area (Å²) in [5, 5.41) is 14.3. The molecule has 8 heteroatoms. The van der Waals surface area contributed by atoms with Crippen molar-refractivity contribution in [2.75, 3.05) is 50.8 Å². The van der Waals surface area contributed by atoms with Crippen LogP contribution in [0.1, 0.15) is 31.2 Å². The molecule has 0 saturated carbocycles. The van der Waals surface area contributed by atoms with Crippen LogP contribution < -0.4 is 10.2 Å². The summed E-state index contributed by atoms with van der Waals surface area (Å²) in [6.07, 6.45) is 4.73. The number of hydrogen-bond donors (Lipinski definition) is 1. The zero-order chi connectivity index (χ0) is 20.2. The number of carbonyl (C=O) groups is 1. The quantitative estimate of drug-likeness (QED) is 0.445. The molecular weight excluding hydrogens is 372 g/mol. The van der Waals surface area contributed by atoms with E-state index in [2.05, 4.69) is 15.1 Å². The molecule has 1 aromatic rings. The first-order valence-electron chi connectivity index (χ1n) is 10.8. The number of carbonyl (C=O) groups excluding carboxylic acids is 1. The Balaban J connectivity index is 1.40. The van der Waals surface area contributed by atoms with Crippen LogP contribution in [-0.2, 0) is 16.0 Å². The van der Waals surface area contributed by atoms with E-state index in [0.717, 1.165) is 76.3 Å². The molecule has 3 heterocycles. The molecule has 3 aliphatic heterocycles. The molecule has 2 fully saturated rings. The second-order valence-electron chi connectivity index (χ2n) is 8.24. The van der Waals surface area contributed by atoms with Crippen LogP contribution in [0.5, 0.6) is 0 Å². The number of anilines is 1. The highest BCUT2D eigenvalue weighted by molar-refractivity contribution is 5.82. The normalized spacial score (nSPS) is 24.5. The van der Waals surface area contributed by atoms with Crippen LogP contribution in [0.2, 0.25) is 0 Å². The van der Waals surface area contributed by atoms with E-state index < -0.39 is 0 Å². The average molecular weight is 402 g/mol. The van der Waals surface area contributed by atoms with Gasteiger partial charge in [0, 0.05) is 50.0 Å². The van der Waals surface area contributed by atoms with Crippen molar-refractivity contribution in [3.8, 4) is 0 Å². The highest BCUT2D eigenvalue weighted by Crippen LogP contribution is 2.39. The number of fused-ring (bicyclic) bond motifs is 3. The minimum absolute atomic E-state index is 0.0843. The third kappa shape index (κ3) is 4.53. The fourth-order valence-corrected chi connectivity index (χ4v) is 4.91. The predicted molar refractivity (Wildman–Crippen MR) is 110 cm³/mol. The number of nitro groups is 1. The lowest BCUT2D eigenvalue weighted by Gasteiger charge is -2.45. The largest absolute Gasteiger partial charge is 0.379 e. The minimum Gasteiger partial charge on any atom is -0.379 e. The minimum atomic E-state index is -0.358. The average Bonchev–Trinajstić information content (AvgIpc) is 2.76. The smallest absolute Gasteiger partial charge is 0.269 e. The van der Waals surface area contributed by atoms with Crippen molar-refractivity contribution >= 4 is 17.3 Å². The summed E-state index contributed by atoms with van der Waals surface area (Å²) in [6, 6.07) is 5.29. The lowest BCUT2D eigenvalue weighted by molar-refractivity contribution is -0.384. The number of piperidine rings is 1. The van der Waals surface area contributed by atoms with Crippen LogP contribution in [0.25, 0.3) is 0 Å². The van der Waals surface area contributed by atoms with Crippen molar-refractivity contribution < 1.29 is 14.5 Å². The van der Waals surface area contributed by atoms with Crippen molar-refractivity contribution in [2.24, 2.45) is 5.92 Å². The molecule has 158 valence electrons. The maximum Gasteiger partial charge on any atom is 0.269 e. The van der Waals surface area contributed by atoms with Crippen LogP contribution in [-0.4, -0.2) is 67.7 Å². The summed E-state index contributed by atoms with van der Waals surface area (Å²) in [5.74, 6) is -0.0609. The number of hydrogen-bond acceptors (Lipinski definition) is 6. The SMILES string of the molecule is O=C(NCCCN1CCOCC1)[C@H]1Cc2cc([N+](=O)[O-])ccc2N2CCCC[C@H]12. The molecule has 0 spiro atoms. The molecule has 1 amide bonds. The molecule has 8 nitrogen and oxygen atoms in total. The third-order valence-electron chi connectivity index (χ3n) is 6.43. The molecule has 3 aliphatic rings. The van der Waals surface area contributed by atoms with Crippen molar-refractivity contribution in [3.05, 3.63) is 33.9 Å². The standard InChI is InChI=1S/C21H30N4O4/c26-21(22-7-3-8-23-10-12-29-13-11-23)18-15-16-14-17(25(27)28)5-6-19(16)24-9-2-1-4-20(18)24/h5-6,14,18,20H,1-4,7-13,15H2,(H,22,26)/t18-,20+/m0/s1. The molecule has 4 rings (SSSR count). The number of morpholine rings is 1. The number of rotatable bonds is 6. The van der Waals surface area contributed by atoms with Gasteiger partial charge in [-0.05, 0) is 50.3 Å². The van der Waals surface area contributed by atoms with Gasteiger partial charge in [-0.2, -0.15) is 0 Å². The van der Waals surface area contributed by atoms with Gasteiger partial charge < -0.3 is 15.0 Å². The summed E-state index contributed by atoms with van der Waals surface area (Å²) in [6.45, 7) is 6.05. The van der Waals surface area contributed by atoms with Gasteiger partial charge in [-0.3, -0.25) is 19.8 Å². The molecule has 0 radical (unpaired) electrons. The Morgan fingerprint density at radius 3 is 2.86 bits per heavy atom. The van der Waals surface area contributed by atoms with Crippen molar-refractivity contribution in [1.29, 1.82) is 0 Å². The predicted octanol–water partition coefficient (Wildman–Crippen LogP) is 1.96. The van der Waals surface area contributed by atoms with Crippen molar-refractivity contribution in [3.63, 3.8) is 0 Å². The third-order valence-corrected chi connectivity index (χ3v) is 6.43. The van der Waals surface area contributed by atoms with Crippen LogP contribution in [0.4, 0.5) is 11.4 Å². The molecule has 0 unspecified atom stereocenters. The van der Waals surface area contributed by atoms with Gasteiger partial charge in [-0.25, -0.2) is 0 Å². The molecule has 2 saturated heterocycles. The first-order valence-corrected chi connectivity index (χ1v) is 10.8. The Labute approximate surface area is 171 Å². The van der Waals surface area contributed by atoms with Gasteiger partial charge in [0.05, 0.1) is 24.1 Å². The Morgan fingerprint density at radius 2 is 2.07 bits per heavy atom. The zero-order valence-corrected chi connectivity index (χ0v) is 16.8. The number of amides is 1. The summed E-state index contributed by atoms with van der Waals surface area (Å²) in [5.41, 5.74) is 2.09. The van der Waals surface area contributed by atoms with E-state index in [1.807, 2.05) is 6.07 Å². The van der Waals surface area contributed by atoms with E-state index in [-0.39, 0.29) is 28.5 Å². The summed E-state index contributed by atoms with van der Waals surface area (Å²) in [7, 11) is 0. The lowest BCUT2D eigenvalue weighted by Crippen LogP contribution is -2.53. The van der Waals surface area contributed by atoms with E-state index in [1.165, 1.54) is 0 Å². The number of nitrogens with one attached hydrogen (secondary N) is 1. The summed E-state index contributed by atoms with van der Waals surface area (Å²) < 4.78 is 5.37. The van der Waals surface area contributed by atoms with E-state index in [9.17, 15) is 14.9 Å². The zero-order valence-electron chi connectivity index (χ0n) is 16.8. The number of nitrogens with zero attached hydrogens (tertiary/aromatic N) is 3. The Kier molecular flexibility index (Phi) is 6.30. The number of ether oxygens (including phenoxy) is 1. The lowest BCUT2D eigenvalue weighted by atomic mass is 9.80. The van der Waals surface area contributed by atoms with Gasteiger partial charge in [0.1, 0.15) is 0 Å². The van der Waals surface area contributed by atoms with Gasteiger partial charge in [0.2, 0.25) is 5.91 Å². The molecule has 1 N–H and O–H groups in total. The number of non-ortho nitro benzene ring substituents is 1. The Hall–Kier alpha value is -2.19. The highest BCUT2D eigenvalue weighted by atomic mass is 16.6. The molecule has 2 atom stereocenters. The second kappa shape index (κ2) is 9.09. The summed E-state index contributed by atoms with van der Waals surface area (Å²) in [4.78, 5) is 28.5. The van der Waals surface area contributed by atoms with Crippen LogP contribution in [0.15, 0.2) is 18.2 Å². The van der Waals surface area contributed by atoms with Gasteiger partial charge in [-0.15, -0.1) is 0 Å². The van der Waals surface area contributed by atoms with E-state index >= 15 is 0 Å². The van der Waals surface area contributed by atoms with Crippen molar-refractivity contribution in [1.82, 2.24) is 10.2 Å². The number of nitro benzene ring substituents is 1. The molecule has 29 heavy (non-hydrogen) atoms. The topological polar surface area (TPSA) is 88.0 Å². The van der Waals surface area contributed by atoms with Gasteiger partial charge in [0.15, 0.2) is 0 Å². The first-order chi connectivity index (χ1) is 14.1. The van der Waals surface area contributed by atoms with E-state index in [1.54, 1.807) is 12.1 Å². The number of benzene rings is 1. The second-order valence-corrected chi connectivity index (χ2v) is 8.24. The maximum atomic E-state index is 13.0. The molecule has 0 bridgehead atoms. The van der Waals surface area contributed by atoms with Gasteiger partial charge in [-0.1, -0.05) is 0 Å². The van der Waals surface area contributed by atoms with Crippen LogP contribution >= 0.6 is 0 Å². The van der Waals surface area contributed by atoms with Crippen LogP contribution in [0.3, 0.4) is 0 Å². The molecule has 0 aromatic heterocycles. The fourth-order valence-electron chi connectivity index (χ4n) is 4.91. The monoisotopic (exact) mass is 402 g/mol. The van der Waals surface area contributed by atoms with Crippen molar-refractivity contribution in [2.45, 2.75) is 38.1 Å². The molecule has 0 aliphatic carbocycles. The van der Waals surface area contributed by atoms with E-state index in [0.29, 0.717) is 13.0 Å².